The maximum absolute atomic E-state index is 2.69. The number of rotatable bonds is 10. The van der Waals surface area contributed by atoms with Crippen LogP contribution >= 0.6 is 11.8 Å². The van der Waals surface area contributed by atoms with Gasteiger partial charge in [0.15, 0.2) is 0 Å². The molecule has 19 rings (SSSR count). The SMILES string of the molecule is c1ccc(N(c2ccccc2)c2cc3c4c(c2)[Se]c2cc5c(cc2B4c2ccccc2S3)B2c3ccccc3N(c3ccccc3)c3cc(N(c4ccccc4)c4ccccc4)cc(c32)N5c2ccc3c(c2)-c2ccccc2C3(c2ccccc2)c2ccccc2)cc1. The van der Waals surface area contributed by atoms with Gasteiger partial charge in [0.1, 0.15) is 0 Å². The van der Waals surface area contributed by atoms with E-state index in [-0.39, 0.29) is 28.4 Å². The van der Waals surface area contributed by atoms with Gasteiger partial charge >= 0.3 is 546 Å². The summed E-state index contributed by atoms with van der Waals surface area (Å²) >= 11 is 1.84. The molecule has 0 aromatic heterocycles. The summed E-state index contributed by atoms with van der Waals surface area (Å²) in [6.45, 7) is -0.0894. The van der Waals surface area contributed by atoms with Gasteiger partial charge < -0.3 is 0 Å². The van der Waals surface area contributed by atoms with Crippen molar-refractivity contribution in [3.8, 4) is 11.1 Å². The van der Waals surface area contributed by atoms with E-state index in [1.165, 1.54) is 102 Å². The molecule has 434 valence electrons. The second-order valence-corrected chi connectivity index (χ2v) is 28.0. The Balaban J connectivity index is 0.909. The van der Waals surface area contributed by atoms with Gasteiger partial charge in [0.05, 0.1) is 0 Å². The summed E-state index contributed by atoms with van der Waals surface area (Å²) in [6, 6.07) is 128. The van der Waals surface area contributed by atoms with Crippen molar-refractivity contribution in [2.75, 3.05) is 19.6 Å². The summed E-state index contributed by atoms with van der Waals surface area (Å²) in [5, 5.41) is 0. The first-order valence-electron chi connectivity index (χ1n) is 32.0. The Morgan fingerprint density at radius 3 is 1.39 bits per heavy atom. The van der Waals surface area contributed by atoms with Gasteiger partial charge in [-0.05, 0) is 0 Å². The molecular weight excluding hydrogens is 1210 g/mol. The molecule has 4 aliphatic heterocycles. The van der Waals surface area contributed by atoms with Crippen molar-refractivity contribution in [1.82, 2.24) is 0 Å². The van der Waals surface area contributed by atoms with Crippen LogP contribution in [0.15, 0.2) is 350 Å². The fraction of sp³-hybridized carbons (Fsp3) is 0.0118. The number of anilines is 12. The Labute approximate surface area is 554 Å². The Morgan fingerprint density at radius 1 is 0.290 bits per heavy atom. The molecule has 14 aromatic carbocycles. The van der Waals surface area contributed by atoms with Crippen molar-refractivity contribution in [3.63, 3.8) is 0 Å². The predicted octanol–water partition coefficient (Wildman–Crippen LogP) is 16.0. The van der Waals surface area contributed by atoms with Gasteiger partial charge in [-0.1, -0.05) is 12.1 Å². The monoisotopic (exact) mass is 1270 g/mol. The summed E-state index contributed by atoms with van der Waals surface area (Å²) in [5.41, 5.74) is 28.8. The van der Waals surface area contributed by atoms with Gasteiger partial charge in [0, 0.05) is 0 Å². The van der Waals surface area contributed by atoms with Crippen LogP contribution in [-0.4, -0.2) is 28.4 Å². The molecule has 0 radical (unpaired) electrons. The van der Waals surface area contributed by atoms with Gasteiger partial charge in [-0.25, -0.2) is 0 Å². The third kappa shape index (κ3) is 8.35. The molecule has 93 heavy (non-hydrogen) atoms. The molecule has 8 heteroatoms. The molecule has 0 unspecified atom stereocenters. The molecule has 1 aliphatic carbocycles. The van der Waals surface area contributed by atoms with Crippen molar-refractivity contribution in [2.24, 2.45) is 0 Å². The van der Waals surface area contributed by atoms with E-state index in [0.29, 0.717) is 0 Å². The summed E-state index contributed by atoms with van der Waals surface area (Å²) in [7, 11) is 0. The van der Waals surface area contributed by atoms with Crippen molar-refractivity contribution >= 4 is 150 Å². The zero-order valence-electron chi connectivity index (χ0n) is 50.6. The van der Waals surface area contributed by atoms with Crippen molar-refractivity contribution in [1.29, 1.82) is 0 Å². The number of benzene rings is 14. The number of hydrogen-bond donors (Lipinski definition) is 0. The molecule has 4 heterocycles. The van der Waals surface area contributed by atoms with Crippen molar-refractivity contribution < 1.29 is 0 Å². The van der Waals surface area contributed by atoms with E-state index in [1.807, 2.05) is 11.8 Å². The minimum atomic E-state index is -0.555. The predicted molar refractivity (Wildman–Crippen MR) is 394 cm³/mol. The van der Waals surface area contributed by atoms with E-state index in [9.17, 15) is 0 Å². The minimum absolute atomic E-state index is 0.0292. The van der Waals surface area contributed by atoms with E-state index in [2.05, 4.69) is 359 Å². The summed E-state index contributed by atoms with van der Waals surface area (Å²) in [5.74, 6) is 0. The van der Waals surface area contributed by atoms with Crippen LogP contribution in [-0.2, 0) is 5.41 Å². The Kier molecular flexibility index (Phi) is 12.6. The van der Waals surface area contributed by atoms with Gasteiger partial charge in [0.2, 0.25) is 0 Å². The van der Waals surface area contributed by atoms with E-state index < -0.39 is 5.41 Å². The second-order valence-electron chi connectivity index (χ2n) is 24.6. The van der Waals surface area contributed by atoms with Crippen molar-refractivity contribution in [2.45, 2.75) is 15.2 Å². The van der Waals surface area contributed by atoms with E-state index >= 15 is 0 Å². The maximum atomic E-state index is 2.69. The Bertz CT molecular complexity index is 5140. The van der Waals surface area contributed by atoms with Gasteiger partial charge in [-0.3, -0.25) is 0 Å². The van der Waals surface area contributed by atoms with Gasteiger partial charge in [-0.15, -0.1) is 0 Å². The van der Waals surface area contributed by atoms with Crippen LogP contribution in [0, 0.1) is 0 Å². The summed E-state index contributed by atoms with van der Waals surface area (Å²) in [6.07, 6.45) is 0. The number of fused-ring (bicyclic) bond motifs is 11. The molecular formula is C85H56B2N4SSe. The Morgan fingerprint density at radius 2 is 0.774 bits per heavy atom. The first kappa shape index (κ1) is 54.1. The standard InChI is InChI=1S/C85H56B2N4SSe/c1-8-28-57(29-9-1)85(58-30-10-2-11-31-58)69-43-23-22-42-67(69)68-50-64(48-49-70(68)85)91-76-56-81-74(87-72-45-25-27-47-79(72)92-80-53-66(54-82(93-81)84(80)87)89(61-36-16-5-17-37-61)62-38-18-6-19-39-62)55-73(76)86-71-44-24-26-46-75(71)90(63-40-20-7-21-41-63)77-51-65(52-78(91)83(77)86)88(59-32-12-3-13-33-59)60-34-14-4-15-35-60/h1-56H. The average Bonchev–Trinajstić information content (AvgIpc) is 0.735. The topological polar surface area (TPSA) is 13.0 Å². The normalized spacial score (nSPS) is 13.7. The van der Waals surface area contributed by atoms with Gasteiger partial charge in [-0.2, -0.15) is 0 Å². The molecule has 0 amide bonds. The quantitative estimate of drug-likeness (QED) is 0.126. The summed E-state index contributed by atoms with van der Waals surface area (Å²) in [4.78, 5) is 12.8. The zero-order valence-corrected chi connectivity index (χ0v) is 53.1. The third-order valence-corrected chi connectivity index (χ3v) is 23.3. The molecule has 0 fully saturated rings. The number of para-hydroxylation sites is 6. The van der Waals surface area contributed by atoms with E-state index in [0.717, 1.165) is 51.2 Å². The van der Waals surface area contributed by atoms with E-state index in [1.54, 1.807) is 0 Å². The second kappa shape index (κ2) is 21.7. The Hall–Kier alpha value is -10.7. The van der Waals surface area contributed by atoms with Crippen LogP contribution in [0.1, 0.15) is 22.3 Å². The van der Waals surface area contributed by atoms with E-state index in [4.69, 9.17) is 0 Å². The molecule has 0 saturated heterocycles. The van der Waals surface area contributed by atoms with Crippen molar-refractivity contribution in [3.05, 3.63) is 362 Å². The summed E-state index contributed by atoms with van der Waals surface area (Å²) < 4.78 is 2.83. The molecule has 0 bridgehead atoms. The van der Waals surface area contributed by atoms with Crippen LogP contribution in [0.2, 0.25) is 0 Å². The molecule has 0 atom stereocenters. The fourth-order valence-corrected chi connectivity index (χ4v) is 19.9. The van der Waals surface area contributed by atoms with Crippen LogP contribution in [0.5, 0.6) is 0 Å². The van der Waals surface area contributed by atoms with Crippen LogP contribution < -0.4 is 61.3 Å². The first-order valence-corrected chi connectivity index (χ1v) is 34.6. The third-order valence-electron chi connectivity index (χ3n) is 19.7. The number of nitrogens with zero attached hydrogens (tertiary/aromatic N) is 4. The van der Waals surface area contributed by atoms with Crippen LogP contribution in [0.4, 0.5) is 68.2 Å². The first-order chi connectivity index (χ1) is 46.2. The molecule has 14 aromatic rings. The molecule has 5 aliphatic rings. The molecule has 4 nitrogen and oxygen atoms in total. The fourth-order valence-electron chi connectivity index (χ4n) is 16.0. The average molecular weight is 1270 g/mol. The van der Waals surface area contributed by atoms with Crippen LogP contribution in [0.25, 0.3) is 11.1 Å². The zero-order chi connectivity index (χ0) is 61.1. The van der Waals surface area contributed by atoms with Crippen LogP contribution in [0.3, 0.4) is 0 Å². The van der Waals surface area contributed by atoms with Gasteiger partial charge in [0.25, 0.3) is 0 Å². The molecule has 0 spiro atoms. The number of hydrogen-bond acceptors (Lipinski definition) is 5. The molecule has 0 saturated carbocycles. The molecule has 0 N–H and O–H groups in total.